The first-order valence-corrected chi connectivity index (χ1v) is 6.74. The van der Waals surface area contributed by atoms with Crippen molar-refractivity contribution in [3.05, 3.63) is 29.1 Å². The summed E-state index contributed by atoms with van der Waals surface area (Å²) >= 11 is 0. The lowest BCUT2D eigenvalue weighted by Gasteiger charge is -2.34. The zero-order valence-corrected chi connectivity index (χ0v) is 11.4. The third kappa shape index (κ3) is 2.97. The minimum Gasteiger partial charge on any atom is -0.484 e. The second kappa shape index (κ2) is 6.17. The highest BCUT2D eigenvalue weighted by Gasteiger charge is 2.33. The van der Waals surface area contributed by atoms with Gasteiger partial charge < -0.3 is 10.5 Å². The van der Waals surface area contributed by atoms with Crippen LogP contribution in [0.1, 0.15) is 26.2 Å². The summed E-state index contributed by atoms with van der Waals surface area (Å²) in [5.41, 5.74) is 5.58. The van der Waals surface area contributed by atoms with Gasteiger partial charge in [-0.25, -0.2) is 13.2 Å². The highest BCUT2D eigenvalue weighted by atomic mass is 19.2. The molecule has 1 aliphatic carbocycles. The summed E-state index contributed by atoms with van der Waals surface area (Å²) in [6, 6.07) is 0. The molecule has 2 N–H and O–H groups in total. The van der Waals surface area contributed by atoms with Crippen molar-refractivity contribution in [2.45, 2.75) is 32.3 Å². The second-order valence-electron chi connectivity index (χ2n) is 5.47. The molecule has 2 rings (SSSR count). The predicted molar refractivity (Wildman–Crippen MR) is 66.2 cm³/mol. The summed E-state index contributed by atoms with van der Waals surface area (Å²) < 4.78 is 71.6. The van der Waals surface area contributed by atoms with Gasteiger partial charge in [0, 0.05) is 5.92 Å². The molecule has 0 bridgehead atoms. The van der Waals surface area contributed by atoms with E-state index in [1.54, 1.807) is 0 Å². The molecule has 1 fully saturated rings. The van der Waals surface area contributed by atoms with Crippen molar-refractivity contribution in [2.24, 2.45) is 17.6 Å². The van der Waals surface area contributed by atoms with E-state index >= 15 is 0 Å². The first kappa shape index (κ1) is 16.0. The Morgan fingerprint density at radius 2 is 1.48 bits per heavy atom. The largest absolute Gasteiger partial charge is 0.484 e. The molecule has 21 heavy (non-hydrogen) atoms. The van der Waals surface area contributed by atoms with Crippen LogP contribution in [0.2, 0.25) is 0 Å². The fourth-order valence-corrected chi connectivity index (χ4v) is 2.64. The van der Waals surface area contributed by atoms with E-state index in [9.17, 15) is 22.0 Å². The molecule has 0 spiro atoms. The molecule has 3 unspecified atom stereocenters. The fraction of sp³-hybridized carbons (Fsp3) is 0.571. The molecule has 1 saturated carbocycles. The second-order valence-corrected chi connectivity index (χ2v) is 5.47. The monoisotopic (exact) mass is 309 g/mol. The van der Waals surface area contributed by atoms with Crippen molar-refractivity contribution in [3.8, 4) is 5.75 Å². The van der Waals surface area contributed by atoms with Crippen LogP contribution >= 0.6 is 0 Å². The van der Waals surface area contributed by atoms with Crippen molar-refractivity contribution < 1.29 is 26.7 Å². The zero-order valence-electron chi connectivity index (χ0n) is 11.4. The quantitative estimate of drug-likeness (QED) is 0.527. The Labute approximate surface area is 119 Å². The molecule has 3 atom stereocenters. The van der Waals surface area contributed by atoms with Gasteiger partial charge in [0.25, 0.3) is 0 Å². The maximum atomic E-state index is 13.6. The van der Waals surface area contributed by atoms with Crippen molar-refractivity contribution in [2.75, 3.05) is 6.54 Å². The van der Waals surface area contributed by atoms with Gasteiger partial charge in [-0.3, -0.25) is 0 Å². The van der Waals surface area contributed by atoms with E-state index in [1.165, 1.54) is 0 Å². The first-order chi connectivity index (χ1) is 9.86. The van der Waals surface area contributed by atoms with Crippen LogP contribution in [0, 0.1) is 40.9 Å². The molecule has 1 aliphatic rings. The number of halogens is 5. The summed E-state index contributed by atoms with van der Waals surface area (Å²) in [4.78, 5) is 0. The zero-order chi connectivity index (χ0) is 15.7. The predicted octanol–water partition coefficient (Wildman–Crippen LogP) is 3.52. The molecule has 0 heterocycles. The molecule has 118 valence electrons. The maximum Gasteiger partial charge on any atom is 0.207 e. The van der Waals surface area contributed by atoms with Crippen LogP contribution in [0.4, 0.5) is 22.0 Å². The van der Waals surface area contributed by atoms with Gasteiger partial charge >= 0.3 is 0 Å². The lowest BCUT2D eigenvalue weighted by molar-refractivity contribution is 0.0646. The molecule has 2 nitrogen and oxygen atoms in total. The lowest BCUT2D eigenvalue weighted by Crippen LogP contribution is -2.38. The molecule has 7 heteroatoms. The molecule has 1 aromatic rings. The van der Waals surface area contributed by atoms with Crippen LogP contribution in [0.3, 0.4) is 0 Å². The third-order valence-corrected chi connectivity index (χ3v) is 3.93. The van der Waals surface area contributed by atoms with Gasteiger partial charge in [0.1, 0.15) is 6.10 Å². The van der Waals surface area contributed by atoms with E-state index in [4.69, 9.17) is 10.5 Å². The number of rotatable bonds is 3. The van der Waals surface area contributed by atoms with E-state index in [-0.39, 0.29) is 18.4 Å². The first-order valence-electron chi connectivity index (χ1n) is 6.74. The van der Waals surface area contributed by atoms with E-state index < -0.39 is 40.9 Å². The van der Waals surface area contributed by atoms with Gasteiger partial charge in [0.05, 0.1) is 0 Å². The number of hydrogen-bond donors (Lipinski definition) is 1. The Bertz CT molecular complexity index is 508. The summed E-state index contributed by atoms with van der Waals surface area (Å²) in [6.45, 7) is 2.16. The third-order valence-electron chi connectivity index (χ3n) is 3.93. The van der Waals surface area contributed by atoms with Gasteiger partial charge in [-0.1, -0.05) is 13.3 Å². The fourth-order valence-electron chi connectivity index (χ4n) is 2.64. The van der Waals surface area contributed by atoms with Gasteiger partial charge in [-0.05, 0) is 25.3 Å². The van der Waals surface area contributed by atoms with E-state index in [1.807, 2.05) is 6.92 Å². The van der Waals surface area contributed by atoms with Crippen LogP contribution in [0.25, 0.3) is 0 Å². The molecular weight excluding hydrogens is 293 g/mol. The van der Waals surface area contributed by atoms with Crippen LogP contribution < -0.4 is 10.5 Å². The Morgan fingerprint density at radius 3 is 2.00 bits per heavy atom. The Kier molecular flexibility index (Phi) is 4.70. The summed E-state index contributed by atoms with van der Waals surface area (Å²) in [6.07, 6.45) is 1.38. The maximum absolute atomic E-state index is 13.6. The molecule has 1 aromatic carbocycles. The van der Waals surface area contributed by atoms with E-state index in [0.717, 1.165) is 6.42 Å². The lowest BCUT2D eigenvalue weighted by atomic mass is 9.80. The van der Waals surface area contributed by atoms with Crippen molar-refractivity contribution in [3.63, 3.8) is 0 Å². The Morgan fingerprint density at radius 1 is 0.952 bits per heavy atom. The standard InChI is InChI=1S/C14H16F5NO/c1-6-2-3-7(5-20)8(4-6)21-14-12(18)10(16)9(15)11(17)13(14)19/h6-8H,2-5,20H2,1H3. The number of benzene rings is 1. The van der Waals surface area contributed by atoms with Crippen LogP contribution in [-0.2, 0) is 0 Å². The normalized spacial score (nSPS) is 26.0. The molecule has 0 aromatic heterocycles. The number of nitrogens with two attached hydrogens (primary N) is 1. The molecule has 0 saturated heterocycles. The highest BCUT2D eigenvalue weighted by Crippen LogP contribution is 2.35. The Hall–Kier alpha value is -1.37. The SMILES string of the molecule is CC1CCC(CN)C(Oc2c(F)c(F)c(F)c(F)c2F)C1. The summed E-state index contributed by atoms with van der Waals surface area (Å²) in [7, 11) is 0. The molecule has 0 amide bonds. The van der Waals surface area contributed by atoms with Crippen molar-refractivity contribution in [1.29, 1.82) is 0 Å². The Balaban J connectivity index is 2.34. The highest BCUT2D eigenvalue weighted by molar-refractivity contribution is 5.30. The van der Waals surface area contributed by atoms with Crippen LogP contribution in [-0.4, -0.2) is 12.6 Å². The molecule has 0 radical (unpaired) electrons. The topological polar surface area (TPSA) is 35.2 Å². The van der Waals surface area contributed by atoms with Crippen molar-refractivity contribution >= 4 is 0 Å². The van der Waals surface area contributed by atoms with Gasteiger partial charge in [-0.2, -0.15) is 8.78 Å². The minimum absolute atomic E-state index is 0.170. The van der Waals surface area contributed by atoms with Gasteiger partial charge in [0.2, 0.25) is 29.1 Å². The molecular formula is C14H16F5NO. The number of hydrogen-bond acceptors (Lipinski definition) is 2. The smallest absolute Gasteiger partial charge is 0.207 e. The van der Waals surface area contributed by atoms with E-state index in [0.29, 0.717) is 12.8 Å². The van der Waals surface area contributed by atoms with Gasteiger partial charge in [-0.15, -0.1) is 0 Å². The number of ether oxygens (including phenoxy) is 1. The van der Waals surface area contributed by atoms with Gasteiger partial charge in [0.15, 0.2) is 5.75 Å². The average molecular weight is 309 g/mol. The van der Waals surface area contributed by atoms with Crippen LogP contribution in [0.5, 0.6) is 5.75 Å². The van der Waals surface area contributed by atoms with E-state index in [2.05, 4.69) is 0 Å². The minimum atomic E-state index is -2.19. The van der Waals surface area contributed by atoms with Crippen molar-refractivity contribution in [1.82, 2.24) is 0 Å². The molecule has 0 aliphatic heterocycles. The summed E-state index contributed by atoms with van der Waals surface area (Å²) in [5.74, 6) is -11.2. The van der Waals surface area contributed by atoms with Crippen LogP contribution in [0.15, 0.2) is 0 Å². The summed E-state index contributed by atoms with van der Waals surface area (Å²) in [5, 5.41) is 0. The average Bonchev–Trinajstić information content (AvgIpc) is 2.48.